The van der Waals surface area contributed by atoms with Crippen LogP contribution in [0.4, 0.5) is 0 Å². The van der Waals surface area contributed by atoms with E-state index in [1.807, 2.05) is 31.3 Å². The maximum atomic E-state index is 5.49. The molecule has 1 heterocycles. The fourth-order valence-corrected chi connectivity index (χ4v) is 1.78. The predicted molar refractivity (Wildman–Crippen MR) is 70.2 cm³/mol. The fourth-order valence-electron chi connectivity index (χ4n) is 1.78. The van der Waals surface area contributed by atoms with Gasteiger partial charge in [0.25, 0.3) is 0 Å². The van der Waals surface area contributed by atoms with E-state index in [-0.39, 0.29) is 0 Å². The summed E-state index contributed by atoms with van der Waals surface area (Å²) in [6, 6.07) is 10.0. The molecule has 0 unspecified atom stereocenters. The van der Waals surface area contributed by atoms with Crippen LogP contribution in [0.1, 0.15) is 5.56 Å². The molecule has 0 aliphatic rings. The third-order valence-electron chi connectivity index (χ3n) is 2.49. The van der Waals surface area contributed by atoms with Crippen LogP contribution in [0, 0.1) is 0 Å². The van der Waals surface area contributed by atoms with Crippen LogP contribution >= 0.6 is 0 Å². The van der Waals surface area contributed by atoms with Crippen LogP contribution in [0.15, 0.2) is 43.0 Å². The minimum atomic E-state index is 0.477. The lowest BCUT2D eigenvalue weighted by Crippen LogP contribution is -2.07. The van der Waals surface area contributed by atoms with E-state index in [0.717, 1.165) is 17.4 Å². The molecule has 0 saturated heterocycles. The summed E-state index contributed by atoms with van der Waals surface area (Å²) in [6.45, 7) is 4.91. The Labute approximate surface area is 101 Å². The van der Waals surface area contributed by atoms with Crippen molar-refractivity contribution in [1.82, 2.24) is 10.3 Å². The van der Waals surface area contributed by atoms with Crippen LogP contribution in [-0.2, 0) is 6.54 Å². The molecule has 0 bridgehead atoms. The van der Waals surface area contributed by atoms with Gasteiger partial charge in [0.1, 0.15) is 6.61 Å². The second-order valence-corrected chi connectivity index (χ2v) is 3.77. The van der Waals surface area contributed by atoms with Gasteiger partial charge in [-0.15, -0.1) is 0 Å². The Morgan fingerprint density at radius 3 is 3.00 bits per heavy atom. The molecule has 0 aliphatic carbocycles. The summed E-state index contributed by atoms with van der Waals surface area (Å²) in [5.74, 6) is 0.647. The summed E-state index contributed by atoms with van der Waals surface area (Å²) < 4.78 is 5.49. The molecule has 1 aromatic carbocycles. The maximum absolute atomic E-state index is 5.49. The molecule has 0 atom stereocenters. The molecule has 2 rings (SSSR count). The monoisotopic (exact) mass is 228 g/mol. The average Bonchev–Trinajstić information content (AvgIpc) is 2.37. The number of hydrogen-bond donors (Lipinski definition) is 1. The Bertz CT molecular complexity index is 523. The van der Waals surface area contributed by atoms with Gasteiger partial charge >= 0.3 is 0 Å². The van der Waals surface area contributed by atoms with E-state index in [9.17, 15) is 0 Å². The lowest BCUT2D eigenvalue weighted by Gasteiger charge is -2.09. The number of ether oxygens (including phenoxy) is 1. The van der Waals surface area contributed by atoms with Crippen molar-refractivity contribution in [3.8, 4) is 5.88 Å². The number of nitrogens with zero attached hydrogens (tertiary/aromatic N) is 1. The van der Waals surface area contributed by atoms with E-state index in [0.29, 0.717) is 12.5 Å². The highest BCUT2D eigenvalue weighted by molar-refractivity contribution is 5.82. The van der Waals surface area contributed by atoms with E-state index in [4.69, 9.17) is 4.74 Å². The molecule has 1 aromatic heterocycles. The standard InChI is InChI=1S/C14H16N2O/c1-3-8-17-14-9-11(10-15-2)12-6-4-5-7-13(12)16-14/h3-7,9,15H,1,8,10H2,2H3. The van der Waals surface area contributed by atoms with E-state index in [2.05, 4.69) is 22.9 Å². The maximum Gasteiger partial charge on any atom is 0.214 e. The Hall–Kier alpha value is -1.87. The largest absolute Gasteiger partial charge is 0.473 e. The highest BCUT2D eigenvalue weighted by Gasteiger charge is 2.05. The number of aromatic nitrogens is 1. The number of fused-ring (bicyclic) bond motifs is 1. The lowest BCUT2D eigenvalue weighted by molar-refractivity contribution is 0.349. The summed E-state index contributed by atoms with van der Waals surface area (Å²) in [7, 11) is 1.93. The summed E-state index contributed by atoms with van der Waals surface area (Å²) in [6.07, 6.45) is 1.72. The van der Waals surface area contributed by atoms with Crippen molar-refractivity contribution in [2.24, 2.45) is 0 Å². The van der Waals surface area contributed by atoms with Gasteiger partial charge in [0.05, 0.1) is 5.52 Å². The molecular weight excluding hydrogens is 212 g/mol. The van der Waals surface area contributed by atoms with E-state index in [1.54, 1.807) is 6.08 Å². The number of benzene rings is 1. The van der Waals surface area contributed by atoms with Gasteiger partial charge in [0, 0.05) is 18.0 Å². The third kappa shape index (κ3) is 2.63. The van der Waals surface area contributed by atoms with E-state index in [1.165, 1.54) is 5.56 Å². The van der Waals surface area contributed by atoms with E-state index < -0.39 is 0 Å². The first-order chi connectivity index (χ1) is 8.35. The van der Waals surface area contributed by atoms with Gasteiger partial charge in [0.2, 0.25) is 5.88 Å². The van der Waals surface area contributed by atoms with Crippen LogP contribution in [0.5, 0.6) is 5.88 Å². The summed E-state index contributed by atoms with van der Waals surface area (Å²) in [5, 5.41) is 4.32. The molecule has 0 amide bonds. The van der Waals surface area contributed by atoms with Gasteiger partial charge in [-0.25, -0.2) is 4.98 Å². The second-order valence-electron chi connectivity index (χ2n) is 3.77. The predicted octanol–water partition coefficient (Wildman–Crippen LogP) is 2.52. The number of para-hydroxylation sites is 1. The Balaban J connectivity index is 2.46. The van der Waals surface area contributed by atoms with Crippen molar-refractivity contribution in [1.29, 1.82) is 0 Å². The molecule has 3 nitrogen and oxygen atoms in total. The first kappa shape index (κ1) is 11.6. The van der Waals surface area contributed by atoms with Crippen LogP contribution in [0.3, 0.4) is 0 Å². The van der Waals surface area contributed by atoms with Crippen molar-refractivity contribution in [3.63, 3.8) is 0 Å². The third-order valence-corrected chi connectivity index (χ3v) is 2.49. The van der Waals surface area contributed by atoms with Crippen LogP contribution in [0.25, 0.3) is 10.9 Å². The van der Waals surface area contributed by atoms with Gasteiger partial charge in [-0.05, 0) is 18.7 Å². The summed E-state index contributed by atoms with van der Waals surface area (Å²) in [4.78, 5) is 4.46. The van der Waals surface area contributed by atoms with Crippen LogP contribution in [-0.4, -0.2) is 18.6 Å². The molecule has 0 aliphatic heterocycles. The van der Waals surface area contributed by atoms with Gasteiger partial charge in [0.15, 0.2) is 0 Å². The average molecular weight is 228 g/mol. The van der Waals surface area contributed by atoms with Gasteiger partial charge in [-0.3, -0.25) is 0 Å². The first-order valence-electron chi connectivity index (χ1n) is 5.62. The summed E-state index contributed by atoms with van der Waals surface area (Å²) >= 11 is 0. The molecule has 0 fully saturated rings. The van der Waals surface area contributed by atoms with Crippen molar-refractivity contribution in [3.05, 3.63) is 48.6 Å². The minimum absolute atomic E-state index is 0.477. The molecule has 0 spiro atoms. The van der Waals surface area contributed by atoms with Crippen LogP contribution in [0.2, 0.25) is 0 Å². The van der Waals surface area contributed by atoms with Crippen LogP contribution < -0.4 is 10.1 Å². The van der Waals surface area contributed by atoms with Crippen molar-refractivity contribution >= 4 is 10.9 Å². The quantitative estimate of drug-likeness (QED) is 0.798. The molecular formula is C14H16N2O. The summed E-state index contributed by atoms with van der Waals surface area (Å²) in [5.41, 5.74) is 2.15. The van der Waals surface area contributed by atoms with Gasteiger partial charge < -0.3 is 10.1 Å². The van der Waals surface area contributed by atoms with Crippen molar-refractivity contribution < 1.29 is 4.74 Å². The lowest BCUT2D eigenvalue weighted by atomic mass is 10.1. The zero-order valence-electron chi connectivity index (χ0n) is 9.94. The molecule has 0 radical (unpaired) electrons. The van der Waals surface area contributed by atoms with Crippen molar-refractivity contribution in [2.45, 2.75) is 6.54 Å². The Morgan fingerprint density at radius 1 is 1.41 bits per heavy atom. The molecule has 0 saturated carbocycles. The molecule has 88 valence electrons. The highest BCUT2D eigenvalue weighted by atomic mass is 16.5. The zero-order chi connectivity index (χ0) is 12.1. The molecule has 1 N–H and O–H groups in total. The van der Waals surface area contributed by atoms with Gasteiger partial charge in [-0.1, -0.05) is 30.9 Å². The highest BCUT2D eigenvalue weighted by Crippen LogP contribution is 2.21. The SMILES string of the molecule is C=CCOc1cc(CNC)c2ccccc2n1. The molecule has 2 aromatic rings. The number of pyridine rings is 1. The minimum Gasteiger partial charge on any atom is -0.473 e. The van der Waals surface area contributed by atoms with E-state index >= 15 is 0 Å². The smallest absolute Gasteiger partial charge is 0.214 e. The Kier molecular flexibility index (Phi) is 3.73. The first-order valence-corrected chi connectivity index (χ1v) is 5.62. The second kappa shape index (κ2) is 5.46. The van der Waals surface area contributed by atoms with Crippen molar-refractivity contribution in [2.75, 3.05) is 13.7 Å². The van der Waals surface area contributed by atoms with Gasteiger partial charge in [-0.2, -0.15) is 0 Å². The normalized spacial score (nSPS) is 10.4. The zero-order valence-corrected chi connectivity index (χ0v) is 9.94. The number of nitrogens with one attached hydrogen (secondary N) is 1. The topological polar surface area (TPSA) is 34.1 Å². The molecule has 17 heavy (non-hydrogen) atoms. The number of rotatable bonds is 5. The fraction of sp³-hybridized carbons (Fsp3) is 0.214. The Morgan fingerprint density at radius 2 is 2.24 bits per heavy atom. The number of hydrogen-bond acceptors (Lipinski definition) is 3. The molecule has 3 heteroatoms.